The van der Waals surface area contributed by atoms with Crippen LogP contribution in [0.4, 0.5) is 16.4 Å². The third-order valence-electron chi connectivity index (χ3n) is 8.60. The predicted molar refractivity (Wildman–Crippen MR) is 185 cm³/mol. The molecule has 3 aromatic heterocycles. The lowest BCUT2D eigenvalue weighted by Crippen LogP contribution is -2.48. The summed E-state index contributed by atoms with van der Waals surface area (Å²) in [5, 5.41) is 20.7. The van der Waals surface area contributed by atoms with Gasteiger partial charge in [-0.1, -0.05) is 48.5 Å². The average molecular weight is 640 g/mol. The fourth-order valence-electron chi connectivity index (χ4n) is 6.16. The van der Waals surface area contributed by atoms with Gasteiger partial charge in [-0.25, -0.2) is 19.7 Å². The van der Waals surface area contributed by atoms with Crippen molar-refractivity contribution in [1.29, 1.82) is 5.26 Å². The van der Waals surface area contributed by atoms with Gasteiger partial charge in [-0.3, -0.25) is 9.58 Å². The van der Waals surface area contributed by atoms with Crippen molar-refractivity contribution >= 4 is 39.2 Å². The molecule has 0 spiro atoms. The van der Waals surface area contributed by atoms with Crippen molar-refractivity contribution in [3.63, 3.8) is 0 Å². The summed E-state index contributed by atoms with van der Waals surface area (Å²) >= 11 is 1.58. The van der Waals surface area contributed by atoms with Crippen LogP contribution < -0.4 is 15.5 Å². The van der Waals surface area contributed by atoms with Crippen LogP contribution in [0.2, 0.25) is 0 Å². The van der Waals surface area contributed by atoms with Gasteiger partial charge in [0.15, 0.2) is 0 Å². The molecule has 0 radical (unpaired) electrons. The number of amides is 2. The first-order valence-corrected chi connectivity index (χ1v) is 16.5. The molecule has 1 aliphatic rings. The van der Waals surface area contributed by atoms with Gasteiger partial charge in [0.25, 0.3) is 0 Å². The fraction of sp³-hybridized carbons (Fsp3) is 0.222. The van der Waals surface area contributed by atoms with Crippen molar-refractivity contribution in [2.45, 2.75) is 44.3 Å². The largest absolute Gasteiger partial charge is 0.351 e. The molecular formula is C36H33N9OS. The van der Waals surface area contributed by atoms with Gasteiger partial charge in [-0.05, 0) is 61.1 Å². The SMILES string of the molecule is Cn1cc(-c2ccc(N(C(=O)NCc3ccccc3)C3CCC(Nc4ncc(C#N)c(-c5ccc6scnc6c5)n4)CC3)cc2)cn1. The second-order valence-electron chi connectivity index (χ2n) is 11.7. The predicted octanol–water partition coefficient (Wildman–Crippen LogP) is 7.16. The monoisotopic (exact) mass is 639 g/mol. The Balaban J connectivity index is 1.07. The van der Waals surface area contributed by atoms with Gasteiger partial charge < -0.3 is 10.6 Å². The summed E-state index contributed by atoms with van der Waals surface area (Å²) in [5.41, 5.74) is 8.52. The first-order chi connectivity index (χ1) is 23.0. The van der Waals surface area contributed by atoms with Crippen molar-refractivity contribution in [3.05, 3.63) is 108 Å². The summed E-state index contributed by atoms with van der Waals surface area (Å²) in [6.07, 6.45) is 8.69. The lowest BCUT2D eigenvalue weighted by Gasteiger charge is -2.37. The molecule has 234 valence electrons. The van der Waals surface area contributed by atoms with Crippen LogP contribution in [0.3, 0.4) is 0 Å². The molecular weight excluding hydrogens is 607 g/mol. The summed E-state index contributed by atoms with van der Waals surface area (Å²) in [6.45, 7) is 0.453. The summed E-state index contributed by atoms with van der Waals surface area (Å²) in [4.78, 5) is 29.3. The maximum atomic E-state index is 13.8. The summed E-state index contributed by atoms with van der Waals surface area (Å²) < 4.78 is 2.87. The average Bonchev–Trinajstić information content (AvgIpc) is 3.77. The van der Waals surface area contributed by atoms with E-state index in [0.717, 1.165) is 63.8 Å². The minimum Gasteiger partial charge on any atom is -0.351 e. The molecule has 7 rings (SSSR count). The van der Waals surface area contributed by atoms with Crippen molar-refractivity contribution in [1.82, 2.24) is 30.0 Å². The number of aryl methyl sites for hydroxylation is 1. The van der Waals surface area contributed by atoms with Gasteiger partial charge in [0, 0.05) is 48.7 Å². The number of urea groups is 1. The molecule has 2 N–H and O–H groups in total. The van der Waals surface area contributed by atoms with Crippen LogP contribution >= 0.6 is 11.3 Å². The van der Waals surface area contributed by atoms with Crippen molar-refractivity contribution < 1.29 is 4.79 Å². The maximum absolute atomic E-state index is 13.8. The molecule has 0 aliphatic heterocycles. The van der Waals surface area contributed by atoms with E-state index in [2.05, 4.69) is 31.8 Å². The molecule has 0 atom stereocenters. The Hall–Kier alpha value is -5.60. The molecule has 11 heteroatoms. The van der Waals surface area contributed by atoms with Gasteiger partial charge in [0.2, 0.25) is 5.95 Å². The normalized spacial score (nSPS) is 16.0. The van der Waals surface area contributed by atoms with Crippen LogP contribution in [0.1, 0.15) is 36.8 Å². The van der Waals surface area contributed by atoms with E-state index in [1.165, 1.54) is 0 Å². The highest BCUT2D eigenvalue weighted by Crippen LogP contribution is 2.32. The number of thiazole rings is 1. The van der Waals surface area contributed by atoms with Crippen molar-refractivity contribution in [2.75, 3.05) is 10.2 Å². The van der Waals surface area contributed by atoms with Crippen LogP contribution in [0, 0.1) is 11.3 Å². The lowest BCUT2D eigenvalue weighted by molar-refractivity contribution is 0.240. The third-order valence-corrected chi connectivity index (χ3v) is 9.41. The maximum Gasteiger partial charge on any atom is 0.322 e. The first kappa shape index (κ1) is 30.1. The third kappa shape index (κ3) is 6.68. The minimum absolute atomic E-state index is 0.0235. The molecule has 3 aromatic carbocycles. The molecule has 47 heavy (non-hydrogen) atoms. The van der Waals surface area contributed by atoms with E-state index in [4.69, 9.17) is 4.98 Å². The number of aromatic nitrogens is 5. The second kappa shape index (κ2) is 13.4. The number of nitriles is 1. The number of anilines is 2. The number of hydrogen-bond donors (Lipinski definition) is 2. The van der Waals surface area contributed by atoms with Crippen molar-refractivity contribution in [3.8, 4) is 28.5 Å². The number of carbonyl (C=O) groups excluding carboxylic acids is 1. The molecule has 0 bridgehead atoms. The molecule has 6 aromatic rings. The van der Waals surface area contributed by atoms with Gasteiger partial charge in [0.05, 0.1) is 39.4 Å². The van der Waals surface area contributed by atoms with E-state index >= 15 is 0 Å². The van der Waals surface area contributed by atoms with E-state index in [1.54, 1.807) is 22.2 Å². The van der Waals surface area contributed by atoms with Crippen LogP contribution in [0.25, 0.3) is 32.6 Å². The lowest BCUT2D eigenvalue weighted by atomic mass is 9.90. The van der Waals surface area contributed by atoms with Gasteiger partial charge >= 0.3 is 6.03 Å². The topological polar surface area (TPSA) is 125 Å². The Bertz CT molecular complexity index is 2040. The zero-order valence-electron chi connectivity index (χ0n) is 25.9. The summed E-state index contributed by atoms with van der Waals surface area (Å²) in [5.74, 6) is 0.490. The zero-order chi connectivity index (χ0) is 32.2. The highest BCUT2D eigenvalue weighted by molar-refractivity contribution is 7.16. The molecule has 1 aliphatic carbocycles. The van der Waals surface area contributed by atoms with Gasteiger partial charge in [-0.15, -0.1) is 11.3 Å². The van der Waals surface area contributed by atoms with Crippen LogP contribution in [-0.4, -0.2) is 42.8 Å². The zero-order valence-corrected chi connectivity index (χ0v) is 26.7. The summed E-state index contributed by atoms with van der Waals surface area (Å²) in [6, 6.07) is 26.3. The smallest absolute Gasteiger partial charge is 0.322 e. The highest BCUT2D eigenvalue weighted by Gasteiger charge is 2.30. The van der Waals surface area contributed by atoms with Crippen molar-refractivity contribution in [2.24, 2.45) is 7.05 Å². The Morgan fingerprint density at radius 3 is 2.51 bits per heavy atom. The molecule has 2 amide bonds. The Labute approximate surface area is 276 Å². The molecule has 10 nitrogen and oxygen atoms in total. The van der Waals surface area contributed by atoms with E-state index in [9.17, 15) is 10.1 Å². The molecule has 0 saturated heterocycles. The number of carbonyl (C=O) groups is 1. The first-order valence-electron chi connectivity index (χ1n) is 15.6. The van der Waals surface area contributed by atoms with E-state index in [1.807, 2.05) is 103 Å². The van der Waals surface area contributed by atoms with E-state index in [-0.39, 0.29) is 18.1 Å². The van der Waals surface area contributed by atoms with Gasteiger partial charge in [-0.2, -0.15) is 10.4 Å². The quantitative estimate of drug-likeness (QED) is 0.181. The Kier molecular flexibility index (Phi) is 8.58. The number of fused-ring (bicyclic) bond motifs is 1. The van der Waals surface area contributed by atoms with Crippen LogP contribution in [0.15, 0.2) is 96.9 Å². The number of nitrogens with zero attached hydrogens (tertiary/aromatic N) is 7. The number of hydrogen-bond acceptors (Lipinski definition) is 8. The molecule has 3 heterocycles. The second-order valence-corrected chi connectivity index (χ2v) is 12.6. The summed E-state index contributed by atoms with van der Waals surface area (Å²) in [7, 11) is 1.90. The number of rotatable bonds is 8. The Morgan fingerprint density at radius 2 is 1.77 bits per heavy atom. The number of benzene rings is 3. The molecule has 0 unspecified atom stereocenters. The molecule has 1 saturated carbocycles. The minimum atomic E-state index is -0.114. The van der Waals surface area contributed by atoms with Crippen LogP contribution in [-0.2, 0) is 13.6 Å². The highest BCUT2D eigenvalue weighted by atomic mass is 32.1. The fourth-order valence-corrected chi connectivity index (χ4v) is 6.82. The Morgan fingerprint density at radius 1 is 0.979 bits per heavy atom. The van der Waals surface area contributed by atoms with E-state index < -0.39 is 0 Å². The standard InChI is InChI=1S/C36H33N9OS/c1-44-22-28(21-41-44)25-7-12-30(13-8-25)45(36(46)39-19-24-5-3-2-4-6-24)31-14-10-29(11-15-31)42-35-38-20-27(18-37)34(43-35)26-9-16-33-32(17-26)40-23-47-33/h2-9,12-13,16-17,20-23,29,31H,10-11,14-15,19H2,1H3,(H,39,46)(H,38,42,43). The van der Waals surface area contributed by atoms with Crippen LogP contribution in [0.5, 0.6) is 0 Å². The molecule has 1 fully saturated rings. The van der Waals surface area contributed by atoms with E-state index in [0.29, 0.717) is 23.8 Å². The van der Waals surface area contributed by atoms with Gasteiger partial charge in [0.1, 0.15) is 6.07 Å². The number of nitrogens with one attached hydrogen (secondary N) is 2.